The monoisotopic (exact) mass is 417 g/mol. The summed E-state index contributed by atoms with van der Waals surface area (Å²) in [6.45, 7) is 2.78. The Kier molecular flexibility index (Phi) is 5.90. The van der Waals surface area contributed by atoms with Crippen LogP contribution in [0.1, 0.15) is 24.1 Å². The highest BCUT2D eigenvalue weighted by Crippen LogP contribution is 2.27. The summed E-state index contributed by atoms with van der Waals surface area (Å²) in [6, 6.07) is 9.58. The SMILES string of the molecule is CCNC(Cc1cc(F)ccc1Br)c1ccc(F)c(Br)c1. The molecule has 2 aromatic rings. The second-order valence-corrected chi connectivity index (χ2v) is 6.43. The van der Waals surface area contributed by atoms with E-state index in [1.165, 1.54) is 18.2 Å². The molecule has 0 fully saturated rings. The fourth-order valence-electron chi connectivity index (χ4n) is 2.20. The fraction of sp³-hybridized carbons (Fsp3) is 0.250. The van der Waals surface area contributed by atoms with E-state index in [9.17, 15) is 8.78 Å². The second kappa shape index (κ2) is 7.47. The van der Waals surface area contributed by atoms with Crippen molar-refractivity contribution in [3.63, 3.8) is 0 Å². The third kappa shape index (κ3) is 4.34. The Labute approximate surface area is 140 Å². The van der Waals surface area contributed by atoms with Crippen LogP contribution in [0.4, 0.5) is 8.78 Å². The summed E-state index contributed by atoms with van der Waals surface area (Å²) in [5, 5.41) is 3.35. The highest BCUT2D eigenvalue weighted by Gasteiger charge is 2.15. The Balaban J connectivity index is 2.30. The van der Waals surface area contributed by atoms with Gasteiger partial charge in [-0.15, -0.1) is 0 Å². The van der Waals surface area contributed by atoms with Crippen LogP contribution in [0.3, 0.4) is 0 Å². The third-order valence-corrected chi connectivity index (χ3v) is 4.61. The predicted molar refractivity (Wildman–Crippen MR) is 88.3 cm³/mol. The van der Waals surface area contributed by atoms with Crippen LogP contribution in [-0.2, 0) is 6.42 Å². The van der Waals surface area contributed by atoms with Gasteiger partial charge >= 0.3 is 0 Å². The van der Waals surface area contributed by atoms with Gasteiger partial charge in [-0.05, 0) is 70.4 Å². The van der Waals surface area contributed by atoms with Crippen LogP contribution in [0.15, 0.2) is 45.3 Å². The Bertz CT molecular complexity index is 632. The molecule has 1 unspecified atom stereocenters. The lowest BCUT2D eigenvalue weighted by Gasteiger charge is -2.20. The Hall–Kier alpha value is -0.780. The zero-order valence-corrected chi connectivity index (χ0v) is 14.6. The van der Waals surface area contributed by atoms with Gasteiger partial charge in [0.05, 0.1) is 4.47 Å². The molecule has 0 heterocycles. The van der Waals surface area contributed by atoms with Gasteiger partial charge in [-0.2, -0.15) is 0 Å². The van der Waals surface area contributed by atoms with Gasteiger partial charge in [0.1, 0.15) is 11.6 Å². The number of nitrogens with one attached hydrogen (secondary N) is 1. The Morgan fingerprint density at radius 1 is 1.05 bits per heavy atom. The van der Waals surface area contributed by atoms with E-state index in [1.54, 1.807) is 18.2 Å². The van der Waals surface area contributed by atoms with Crippen LogP contribution in [-0.4, -0.2) is 6.54 Å². The molecule has 0 amide bonds. The van der Waals surface area contributed by atoms with Gasteiger partial charge in [0.15, 0.2) is 0 Å². The van der Waals surface area contributed by atoms with Crippen molar-refractivity contribution in [2.75, 3.05) is 6.54 Å². The zero-order chi connectivity index (χ0) is 15.4. The molecule has 0 saturated heterocycles. The minimum atomic E-state index is -0.291. The zero-order valence-electron chi connectivity index (χ0n) is 11.5. The molecule has 21 heavy (non-hydrogen) atoms. The molecule has 0 aliphatic rings. The van der Waals surface area contributed by atoms with E-state index in [1.807, 2.05) is 6.92 Å². The summed E-state index contributed by atoms with van der Waals surface area (Å²) in [5.41, 5.74) is 1.84. The average Bonchev–Trinajstić information content (AvgIpc) is 2.45. The van der Waals surface area contributed by atoms with Crippen LogP contribution >= 0.6 is 31.9 Å². The normalized spacial score (nSPS) is 12.4. The van der Waals surface area contributed by atoms with E-state index in [2.05, 4.69) is 37.2 Å². The summed E-state index contributed by atoms with van der Waals surface area (Å²) in [5.74, 6) is -0.551. The summed E-state index contributed by atoms with van der Waals surface area (Å²) in [7, 11) is 0. The molecule has 0 aliphatic heterocycles. The second-order valence-electron chi connectivity index (χ2n) is 4.72. The van der Waals surface area contributed by atoms with Crippen LogP contribution in [0, 0.1) is 11.6 Å². The first-order valence-electron chi connectivity index (χ1n) is 6.63. The standard InChI is InChI=1S/C16H15Br2F2N/c1-2-21-16(10-3-6-15(20)14(18)8-10)9-11-7-12(19)4-5-13(11)17/h3-8,16,21H,2,9H2,1H3. The maximum Gasteiger partial charge on any atom is 0.137 e. The molecule has 0 radical (unpaired) electrons. The predicted octanol–water partition coefficient (Wildman–Crippen LogP) is 5.38. The number of rotatable bonds is 5. The number of hydrogen-bond donors (Lipinski definition) is 1. The van der Waals surface area contributed by atoms with Crippen LogP contribution in [0.25, 0.3) is 0 Å². The quantitative estimate of drug-likeness (QED) is 0.686. The molecule has 1 N–H and O–H groups in total. The summed E-state index contributed by atoms with van der Waals surface area (Å²) in [4.78, 5) is 0. The van der Waals surface area contributed by atoms with Gasteiger partial charge in [0, 0.05) is 10.5 Å². The smallest absolute Gasteiger partial charge is 0.137 e. The Morgan fingerprint density at radius 2 is 1.81 bits per heavy atom. The van der Waals surface area contributed by atoms with E-state index in [0.29, 0.717) is 10.9 Å². The molecule has 0 bridgehead atoms. The van der Waals surface area contributed by atoms with Gasteiger partial charge < -0.3 is 5.32 Å². The van der Waals surface area contributed by atoms with Crippen molar-refractivity contribution in [1.29, 1.82) is 0 Å². The van der Waals surface area contributed by atoms with E-state index < -0.39 is 0 Å². The van der Waals surface area contributed by atoms with Crippen molar-refractivity contribution >= 4 is 31.9 Å². The van der Waals surface area contributed by atoms with E-state index in [0.717, 1.165) is 22.1 Å². The molecule has 0 aromatic heterocycles. The van der Waals surface area contributed by atoms with Crippen molar-refractivity contribution in [3.8, 4) is 0 Å². The Morgan fingerprint density at radius 3 is 2.48 bits per heavy atom. The molecule has 112 valence electrons. The maximum absolute atomic E-state index is 13.4. The van der Waals surface area contributed by atoms with E-state index in [4.69, 9.17) is 0 Å². The number of hydrogen-bond acceptors (Lipinski definition) is 1. The summed E-state index contributed by atoms with van der Waals surface area (Å²) >= 11 is 6.65. The lowest BCUT2D eigenvalue weighted by Crippen LogP contribution is -2.23. The third-order valence-electron chi connectivity index (χ3n) is 3.23. The molecule has 0 aliphatic carbocycles. The van der Waals surface area contributed by atoms with Gasteiger partial charge in [-0.1, -0.05) is 28.9 Å². The van der Waals surface area contributed by atoms with Crippen LogP contribution < -0.4 is 5.32 Å². The molecule has 2 rings (SSSR count). The van der Waals surface area contributed by atoms with E-state index in [-0.39, 0.29) is 17.7 Å². The van der Waals surface area contributed by atoms with Gasteiger partial charge in [0.2, 0.25) is 0 Å². The number of likely N-dealkylation sites (N-methyl/N-ethyl adjacent to an activating group) is 1. The van der Waals surface area contributed by atoms with Gasteiger partial charge in [0.25, 0.3) is 0 Å². The van der Waals surface area contributed by atoms with Crippen molar-refractivity contribution < 1.29 is 8.78 Å². The first-order chi connectivity index (χ1) is 10.0. The van der Waals surface area contributed by atoms with Crippen molar-refractivity contribution in [2.45, 2.75) is 19.4 Å². The number of benzene rings is 2. The van der Waals surface area contributed by atoms with Gasteiger partial charge in [-0.3, -0.25) is 0 Å². The molecular weight excluding hydrogens is 404 g/mol. The minimum Gasteiger partial charge on any atom is -0.310 e. The summed E-state index contributed by atoms with van der Waals surface area (Å²) < 4.78 is 28.1. The molecule has 2 aromatic carbocycles. The molecule has 0 saturated carbocycles. The van der Waals surface area contributed by atoms with Gasteiger partial charge in [-0.25, -0.2) is 8.78 Å². The highest BCUT2D eigenvalue weighted by molar-refractivity contribution is 9.10. The van der Waals surface area contributed by atoms with Crippen molar-refractivity contribution in [1.82, 2.24) is 5.32 Å². The largest absolute Gasteiger partial charge is 0.310 e. The topological polar surface area (TPSA) is 12.0 Å². The molecule has 5 heteroatoms. The maximum atomic E-state index is 13.4. The molecule has 1 nitrogen and oxygen atoms in total. The molecular formula is C16H15Br2F2N. The van der Waals surface area contributed by atoms with Crippen molar-refractivity contribution in [3.05, 3.63) is 68.1 Å². The first kappa shape index (κ1) is 16.6. The fourth-order valence-corrected chi connectivity index (χ4v) is 3.01. The first-order valence-corrected chi connectivity index (χ1v) is 8.22. The number of halogens is 4. The minimum absolute atomic E-state index is 0.00926. The van der Waals surface area contributed by atoms with Crippen molar-refractivity contribution in [2.24, 2.45) is 0 Å². The average molecular weight is 419 g/mol. The molecule has 1 atom stereocenters. The summed E-state index contributed by atoms with van der Waals surface area (Å²) in [6.07, 6.45) is 0.615. The highest BCUT2D eigenvalue weighted by atomic mass is 79.9. The van der Waals surface area contributed by atoms with Crippen LogP contribution in [0.5, 0.6) is 0 Å². The van der Waals surface area contributed by atoms with E-state index >= 15 is 0 Å². The molecule has 0 spiro atoms. The van der Waals surface area contributed by atoms with Crippen LogP contribution in [0.2, 0.25) is 0 Å². The lowest BCUT2D eigenvalue weighted by molar-refractivity contribution is 0.543. The lowest BCUT2D eigenvalue weighted by atomic mass is 9.98.